The van der Waals surface area contributed by atoms with Crippen molar-refractivity contribution in [1.82, 2.24) is 9.80 Å². The molecule has 120 valence electrons. The van der Waals surface area contributed by atoms with Gasteiger partial charge in [-0.15, -0.1) is 0 Å². The Bertz CT molecular complexity index is 438. The van der Waals surface area contributed by atoms with Crippen LogP contribution in [-0.2, 0) is 0 Å². The molecule has 3 nitrogen and oxygen atoms in total. The van der Waals surface area contributed by atoms with Crippen LogP contribution in [0.5, 0.6) is 0 Å². The third kappa shape index (κ3) is 5.76. The monoisotopic (exact) mass is 331 g/mol. The van der Waals surface area contributed by atoms with Gasteiger partial charge in [-0.1, -0.05) is 42.3 Å². The van der Waals surface area contributed by atoms with E-state index in [1.807, 2.05) is 12.1 Å². The standard InChI is InChI=1S/C16H27Cl2N3/c1-5-21(12(2)11-20(3)4)10-9-15(19)13-7-6-8-14(17)16(13)18/h6-8,12,15H,5,9-11,19H2,1-4H3. The van der Waals surface area contributed by atoms with E-state index in [2.05, 4.69) is 37.7 Å². The van der Waals surface area contributed by atoms with E-state index < -0.39 is 0 Å². The first-order chi connectivity index (χ1) is 9.86. The Morgan fingerprint density at radius 3 is 2.48 bits per heavy atom. The molecule has 0 spiro atoms. The number of hydrogen-bond acceptors (Lipinski definition) is 3. The Hall–Kier alpha value is -0.320. The summed E-state index contributed by atoms with van der Waals surface area (Å²) in [5.41, 5.74) is 7.22. The fourth-order valence-electron chi connectivity index (χ4n) is 2.60. The zero-order valence-corrected chi connectivity index (χ0v) is 15.0. The van der Waals surface area contributed by atoms with Gasteiger partial charge in [-0.3, -0.25) is 4.90 Å². The van der Waals surface area contributed by atoms with Gasteiger partial charge in [0.05, 0.1) is 10.0 Å². The lowest BCUT2D eigenvalue weighted by atomic mass is 10.0. The highest BCUT2D eigenvalue weighted by Crippen LogP contribution is 2.30. The molecule has 0 aliphatic carbocycles. The highest BCUT2D eigenvalue weighted by molar-refractivity contribution is 6.42. The number of nitrogens with two attached hydrogens (primary N) is 1. The number of benzene rings is 1. The van der Waals surface area contributed by atoms with E-state index >= 15 is 0 Å². The lowest BCUT2D eigenvalue weighted by Crippen LogP contribution is -2.41. The van der Waals surface area contributed by atoms with Crippen LogP contribution in [0.4, 0.5) is 0 Å². The average molecular weight is 332 g/mol. The molecule has 1 aromatic rings. The predicted molar refractivity (Wildman–Crippen MR) is 93.3 cm³/mol. The SMILES string of the molecule is CCN(CCC(N)c1cccc(Cl)c1Cl)C(C)CN(C)C. The zero-order chi connectivity index (χ0) is 16.0. The summed E-state index contributed by atoms with van der Waals surface area (Å²) in [6, 6.07) is 6.06. The van der Waals surface area contributed by atoms with Gasteiger partial charge in [0.15, 0.2) is 0 Å². The summed E-state index contributed by atoms with van der Waals surface area (Å²) in [6.45, 7) is 7.45. The minimum atomic E-state index is -0.0863. The Labute approximate surface area is 139 Å². The predicted octanol–water partition coefficient (Wildman–Crippen LogP) is 3.66. The van der Waals surface area contributed by atoms with Crippen molar-refractivity contribution in [3.8, 4) is 0 Å². The number of halogens is 2. The maximum absolute atomic E-state index is 6.29. The Kier molecular flexibility index (Phi) is 7.99. The van der Waals surface area contributed by atoms with Gasteiger partial charge in [-0.2, -0.15) is 0 Å². The van der Waals surface area contributed by atoms with Crippen molar-refractivity contribution in [3.05, 3.63) is 33.8 Å². The van der Waals surface area contributed by atoms with Crippen molar-refractivity contribution >= 4 is 23.2 Å². The van der Waals surface area contributed by atoms with Gasteiger partial charge >= 0.3 is 0 Å². The second-order valence-corrected chi connectivity index (χ2v) is 6.56. The molecule has 0 aromatic heterocycles. The average Bonchev–Trinajstić information content (AvgIpc) is 2.41. The molecule has 1 aromatic carbocycles. The van der Waals surface area contributed by atoms with Crippen molar-refractivity contribution in [3.63, 3.8) is 0 Å². The van der Waals surface area contributed by atoms with Crippen molar-refractivity contribution in [2.24, 2.45) is 5.73 Å². The maximum atomic E-state index is 6.29. The van der Waals surface area contributed by atoms with Gasteiger partial charge in [0.25, 0.3) is 0 Å². The van der Waals surface area contributed by atoms with Crippen LogP contribution in [0.3, 0.4) is 0 Å². The van der Waals surface area contributed by atoms with Crippen LogP contribution in [0.15, 0.2) is 18.2 Å². The quantitative estimate of drug-likeness (QED) is 0.789. The molecule has 0 heterocycles. The number of nitrogens with zero attached hydrogens (tertiary/aromatic N) is 2. The Morgan fingerprint density at radius 1 is 1.24 bits per heavy atom. The van der Waals surface area contributed by atoms with Crippen LogP contribution in [0.2, 0.25) is 10.0 Å². The van der Waals surface area contributed by atoms with Gasteiger partial charge in [0, 0.05) is 25.2 Å². The van der Waals surface area contributed by atoms with Crippen molar-refractivity contribution in [1.29, 1.82) is 0 Å². The van der Waals surface area contributed by atoms with E-state index in [9.17, 15) is 0 Å². The molecule has 0 bridgehead atoms. The van der Waals surface area contributed by atoms with Crippen molar-refractivity contribution < 1.29 is 0 Å². The molecule has 5 heteroatoms. The normalized spacial score (nSPS) is 14.7. The van der Waals surface area contributed by atoms with Crippen LogP contribution in [0.25, 0.3) is 0 Å². The lowest BCUT2D eigenvalue weighted by molar-refractivity contribution is 0.176. The van der Waals surface area contributed by atoms with Crippen LogP contribution < -0.4 is 5.73 Å². The third-order valence-electron chi connectivity index (χ3n) is 3.77. The number of hydrogen-bond donors (Lipinski definition) is 1. The largest absolute Gasteiger partial charge is 0.324 e. The van der Waals surface area contributed by atoms with Crippen LogP contribution >= 0.6 is 23.2 Å². The lowest BCUT2D eigenvalue weighted by Gasteiger charge is -2.31. The molecule has 21 heavy (non-hydrogen) atoms. The molecule has 0 saturated heterocycles. The second-order valence-electron chi connectivity index (χ2n) is 5.78. The van der Waals surface area contributed by atoms with E-state index in [0.29, 0.717) is 16.1 Å². The van der Waals surface area contributed by atoms with Crippen LogP contribution in [0, 0.1) is 0 Å². The highest BCUT2D eigenvalue weighted by Gasteiger charge is 2.17. The van der Waals surface area contributed by atoms with Crippen molar-refractivity contribution in [2.45, 2.75) is 32.4 Å². The molecule has 0 radical (unpaired) electrons. The summed E-state index contributed by atoms with van der Waals surface area (Å²) in [4.78, 5) is 4.65. The minimum absolute atomic E-state index is 0.0863. The molecule has 0 saturated carbocycles. The van der Waals surface area contributed by atoms with Crippen LogP contribution in [-0.4, -0.2) is 49.6 Å². The number of rotatable bonds is 8. The zero-order valence-electron chi connectivity index (χ0n) is 13.4. The molecule has 2 unspecified atom stereocenters. The van der Waals surface area contributed by atoms with Gasteiger partial charge < -0.3 is 10.6 Å². The summed E-state index contributed by atoms with van der Waals surface area (Å²) >= 11 is 12.3. The summed E-state index contributed by atoms with van der Waals surface area (Å²) in [5.74, 6) is 0. The first-order valence-electron chi connectivity index (χ1n) is 7.45. The van der Waals surface area contributed by atoms with Crippen molar-refractivity contribution in [2.75, 3.05) is 33.7 Å². The molecular weight excluding hydrogens is 305 g/mol. The Balaban J connectivity index is 2.62. The maximum Gasteiger partial charge on any atom is 0.0640 e. The van der Waals surface area contributed by atoms with Gasteiger partial charge in [0.1, 0.15) is 0 Å². The van der Waals surface area contributed by atoms with E-state index in [1.165, 1.54) is 0 Å². The topological polar surface area (TPSA) is 32.5 Å². The molecule has 2 atom stereocenters. The molecular formula is C16H27Cl2N3. The fraction of sp³-hybridized carbons (Fsp3) is 0.625. The summed E-state index contributed by atoms with van der Waals surface area (Å²) in [6.07, 6.45) is 0.867. The smallest absolute Gasteiger partial charge is 0.0640 e. The third-order valence-corrected chi connectivity index (χ3v) is 4.60. The molecule has 0 fully saturated rings. The number of likely N-dealkylation sites (N-methyl/N-ethyl adjacent to an activating group) is 2. The van der Waals surface area contributed by atoms with Crippen LogP contribution in [0.1, 0.15) is 31.9 Å². The highest BCUT2D eigenvalue weighted by atomic mass is 35.5. The summed E-state index contributed by atoms with van der Waals surface area (Å²) in [7, 11) is 4.20. The van der Waals surface area contributed by atoms with Gasteiger partial charge in [0.2, 0.25) is 0 Å². The molecule has 1 rings (SSSR count). The first-order valence-corrected chi connectivity index (χ1v) is 8.20. The molecule has 0 amide bonds. The fourth-order valence-corrected chi connectivity index (χ4v) is 3.05. The van der Waals surface area contributed by atoms with Gasteiger partial charge in [-0.25, -0.2) is 0 Å². The minimum Gasteiger partial charge on any atom is -0.324 e. The first kappa shape index (κ1) is 18.7. The molecule has 2 N–H and O–H groups in total. The summed E-state index contributed by atoms with van der Waals surface area (Å²) in [5, 5.41) is 1.15. The second kappa shape index (κ2) is 8.96. The molecule has 0 aliphatic rings. The Morgan fingerprint density at radius 2 is 1.90 bits per heavy atom. The summed E-state index contributed by atoms with van der Waals surface area (Å²) < 4.78 is 0. The van der Waals surface area contributed by atoms with E-state index in [4.69, 9.17) is 28.9 Å². The van der Waals surface area contributed by atoms with E-state index in [-0.39, 0.29) is 6.04 Å². The van der Waals surface area contributed by atoms with Gasteiger partial charge in [-0.05, 0) is 45.6 Å². The van der Waals surface area contributed by atoms with E-state index in [1.54, 1.807) is 6.07 Å². The molecule has 0 aliphatic heterocycles. The van der Waals surface area contributed by atoms with E-state index in [0.717, 1.165) is 31.6 Å².